The van der Waals surface area contributed by atoms with Crippen LogP contribution >= 0.6 is 11.6 Å². The average molecular weight is 183 g/mol. The van der Waals surface area contributed by atoms with Gasteiger partial charge in [0.2, 0.25) is 0 Å². The Morgan fingerprint density at radius 1 is 1.33 bits per heavy atom. The van der Waals surface area contributed by atoms with Crippen molar-refractivity contribution in [3.8, 4) is 0 Å². The highest BCUT2D eigenvalue weighted by molar-refractivity contribution is 6.30. The van der Waals surface area contributed by atoms with Crippen LogP contribution in [0.1, 0.15) is 12.5 Å². The van der Waals surface area contributed by atoms with E-state index < -0.39 is 0 Å². The fourth-order valence-electron chi connectivity index (χ4n) is 1.30. The Morgan fingerprint density at radius 3 is 2.42 bits per heavy atom. The van der Waals surface area contributed by atoms with Gasteiger partial charge in [0.05, 0.1) is 12.2 Å². The Hall–Kier alpha value is -0.530. The number of hydrogen-bond donors (Lipinski definition) is 0. The van der Waals surface area contributed by atoms with Gasteiger partial charge in [0, 0.05) is 11.4 Å². The normalized spacial score (nSPS) is 27.2. The molecule has 1 aromatic carbocycles. The highest BCUT2D eigenvalue weighted by atomic mass is 35.5. The minimum absolute atomic E-state index is 0.436. The van der Waals surface area contributed by atoms with Crippen LogP contribution in [0, 0.1) is 0 Å². The van der Waals surface area contributed by atoms with Gasteiger partial charge in [-0.15, -0.1) is 0 Å². The third-order valence-corrected chi connectivity index (χ3v) is 2.44. The van der Waals surface area contributed by atoms with Crippen LogP contribution in [0.3, 0.4) is 0 Å². The summed E-state index contributed by atoms with van der Waals surface area (Å²) in [5.41, 5.74) is 1.30. The summed E-state index contributed by atoms with van der Waals surface area (Å²) < 4.78 is 5.32. The molecule has 0 aliphatic carbocycles. The van der Waals surface area contributed by atoms with Gasteiger partial charge in [-0.1, -0.05) is 23.7 Å². The largest absolute Gasteiger partial charge is 0.370 e. The second kappa shape index (κ2) is 3.08. The number of hydrogen-bond acceptors (Lipinski definition) is 1. The molecule has 1 heterocycles. The molecule has 2 heteroatoms. The van der Waals surface area contributed by atoms with Gasteiger partial charge >= 0.3 is 0 Å². The lowest BCUT2D eigenvalue weighted by Gasteiger charge is -1.96. The van der Waals surface area contributed by atoms with Gasteiger partial charge < -0.3 is 4.74 Å². The van der Waals surface area contributed by atoms with Gasteiger partial charge in [0.15, 0.2) is 0 Å². The molecule has 0 spiro atoms. The third kappa shape index (κ3) is 1.79. The van der Waals surface area contributed by atoms with Gasteiger partial charge in [0.25, 0.3) is 0 Å². The van der Waals surface area contributed by atoms with Crippen molar-refractivity contribution in [2.24, 2.45) is 0 Å². The zero-order valence-electron chi connectivity index (χ0n) is 6.96. The highest BCUT2D eigenvalue weighted by Crippen LogP contribution is 2.25. The van der Waals surface area contributed by atoms with Crippen LogP contribution in [0.25, 0.3) is 0 Å². The van der Waals surface area contributed by atoms with Crippen LogP contribution in [-0.4, -0.2) is 12.2 Å². The summed E-state index contributed by atoms with van der Waals surface area (Å²) >= 11 is 5.76. The molecule has 1 aromatic rings. The van der Waals surface area contributed by atoms with E-state index in [1.807, 2.05) is 12.1 Å². The number of ether oxygens (including phenoxy) is 1. The minimum Gasteiger partial charge on any atom is -0.370 e. The molecule has 2 atom stereocenters. The molecule has 1 nitrogen and oxygen atoms in total. The van der Waals surface area contributed by atoms with Crippen LogP contribution in [-0.2, 0) is 11.2 Å². The predicted octanol–water partition coefficient (Wildman–Crippen LogP) is 2.67. The Bertz CT molecular complexity index is 268. The van der Waals surface area contributed by atoms with E-state index in [0.717, 1.165) is 11.4 Å². The molecule has 0 amide bonds. The van der Waals surface area contributed by atoms with E-state index in [1.165, 1.54) is 5.56 Å². The van der Waals surface area contributed by atoms with Gasteiger partial charge in [-0.2, -0.15) is 0 Å². The number of halogens is 1. The van der Waals surface area contributed by atoms with E-state index in [0.29, 0.717) is 12.2 Å². The van der Waals surface area contributed by atoms with E-state index in [1.54, 1.807) is 0 Å². The van der Waals surface area contributed by atoms with E-state index in [9.17, 15) is 0 Å². The van der Waals surface area contributed by atoms with Crippen LogP contribution < -0.4 is 0 Å². The number of benzene rings is 1. The van der Waals surface area contributed by atoms with Crippen LogP contribution in [0.2, 0.25) is 5.02 Å². The van der Waals surface area contributed by atoms with Gasteiger partial charge in [-0.3, -0.25) is 0 Å². The summed E-state index contributed by atoms with van der Waals surface area (Å²) in [6.45, 7) is 2.10. The van der Waals surface area contributed by atoms with Crippen molar-refractivity contribution in [3.63, 3.8) is 0 Å². The molecule has 12 heavy (non-hydrogen) atoms. The lowest BCUT2D eigenvalue weighted by molar-refractivity contribution is 0.378. The first-order valence-corrected chi connectivity index (χ1v) is 4.53. The molecule has 0 radical (unpaired) electrons. The van der Waals surface area contributed by atoms with Gasteiger partial charge in [-0.25, -0.2) is 0 Å². The fraction of sp³-hybridized carbons (Fsp3) is 0.400. The zero-order valence-corrected chi connectivity index (χ0v) is 7.71. The molecule has 1 aliphatic heterocycles. The fourth-order valence-corrected chi connectivity index (χ4v) is 1.42. The lowest BCUT2D eigenvalue weighted by atomic mass is 10.1. The van der Waals surface area contributed by atoms with E-state index >= 15 is 0 Å². The Kier molecular flexibility index (Phi) is 2.07. The molecule has 64 valence electrons. The maximum absolute atomic E-state index is 5.76. The molecular weight excluding hydrogens is 172 g/mol. The second-order valence-corrected chi connectivity index (χ2v) is 3.65. The Labute approximate surface area is 77.3 Å². The zero-order chi connectivity index (χ0) is 8.55. The topological polar surface area (TPSA) is 12.5 Å². The molecule has 1 aliphatic rings. The van der Waals surface area contributed by atoms with E-state index in [-0.39, 0.29) is 0 Å². The smallest absolute Gasteiger partial charge is 0.0879 e. The molecule has 1 fully saturated rings. The molecule has 2 rings (SSSR count). The first-order valence-electron chi connectivity index (χ1n) is 4.15. The maximum Gasteiger partial charge on any atom is 0.0879 e. The molecule has 0 bridgehead atoms. The summed E-state index contributed by atoms with van der Waals surface area (Å²) in [6, 6.07) is 7.95. The predicted molar refractivity (Wildman–Crippen MR) is 49.5 cm³/mol. The van der Waals surface area contributed by atoms with Crippen molar-refractivity contribution in [1.82, 2.24) is 0 Å². The SMILES string of the molecule is CC1OC1Cc1ccc(Cl)cc1. The summed E-state index contributed by atoms with van der Waals surface area (Å²) in [5, 5.41) is 0.795. The number of epoxide rings is 1. The van der Waals surface area contributed by atoms with Crippen molar-refractivity contribution >= 4 is 11.6 Å². The van der Waals surface area contributed by atoms with Crippen molar-refractivity contribution < 1.29 is 4.74 Å². The van der Waals surface area contributed by atoms with Gasteiger partial charge in [-0.05, 0) is 24.6 Å². The summed E-state index contributed by atoms with van der Waals surface area (Å²) in [4.78, 5) is 0. The summed E-state index contributed by atoms with van der Waals surface area (Å²) in [7, 11) is 0. The summed E-state index contributed by atoms with van der Waals surface area (Å²) in [6.07, 6.45) is 1.89. The van der Waals surface area contributed by atoms with Crippen molar-refractivity contribution in [2.45, 2.75) is 25.6 Å². The lowest BCUT2D eigenvalue weighted by Crippen LogP contribution is -1.95. The molecule has 2 unspecified atom stereocenters. The van der Waals surface area contributed by atoms with Crippen molar-refractivity contribution in [2.75, 3.05) is 0 Å². The average Bonchev–Trinajstić information content (AvgIpc) is 2.72. The first kappa shape index (κ1) is 8.09. The molecular formula is C10H11ClO. The monoisotopic (exact) mass is 182 g/mol. The molecule has 0 saturated carbocycles. The maximum atomic E-state index is 5.76. The van der Waals surface area contributed by atoms with Crippen LogP contribution in [0.4, 0.5) is 0 Å². The van der Waals surface area contributed by atoms with Crippen molar-refractivity contribution in [3.05, 3.63) is 34.9 Å². The van der Waals surface area contributed by atoms with Gasteiger partial charge in [0.1, 0.15) is 0 Å². The molecule has 0 aromatic heterocycles. The second-order valence-electron chi connectivity index (χ2n) is 3.21. The van der Waals surface area contributed by atoms with Crippen LogP contribution in [0.5, 0.6) is 0 Å². The number of rotatable bonds is 2. The first-order chi connectivity index (χ1) is 5.75. The minimum atomic E-state index is 0.436. The Balaban J connectivity index is 2.00. The quantitative estimate of drug-likeness (QED) is 0.641. The third-order valence-electron chi connectivity index (χ3n) is 2.19. The highest BCUT2D eigenvalue weighted by Gasteiger charge is 2.33. The Morgan fingerprint density at radius 2 is 1.92 bits per heavy atom. The van der Waals surface area contributed by atoms with Crippen molar-refractivity contribution in [1.29, 1.82) is 0 Å². The van der Waals surface area contributed by atoms with E-state index in [4.69, 9.17) is 16.3 Å². The van der Waals surface area contributed by atoms with Crippen LogP contribution in [0.15, 0.2) is 24.3 Å². The molecule has 0 N–H and O–H groups in total. The van der Waals surface area contributed by atoms with E-state index in [2.05, 4.69) is 19.1 Å². The standard InChI is InChI=1S/C10H11ClO/c1-7-10(12-7)6-8-2-4-9(11)5-3-8/h2-5,7,10H,6H2,1H3. The summed E-state index contributed by atoms with van der Waals surface area (Å²) in [5.74, 6) is 0. The molecule has 1 saturated heterocycles.